The fourth-order valence-electron chi connectivity index (χ4n) is 4.82. The van der Waals surface area contributed by atoms with Gasteiger partial charge in [-0.3, -0.25) is 28.9 Å². The van der Waals surface area contributed by atoms with Crippen LogP contribution in [0.5, 0.6) is 5.75 Å². The summed E-state index contributed by atoms with van der Waals surface area (Å²) in [6.07, 6.45) is 1.22. The fourth-order valence-corrected chi connectivity index (χ4v) is 4.82. The van der Waals surface area contributed by atoms with Gasteiger partial charge in [0.25, 0.3) is 11.8 Å². The van der Waals surface area contributed by atoms with Crippen LogP contribution in [0.2, 0.25) is 0 Å². The highest BCUT2D eigenvalue weighted by atomic mass is 19.1. The molecule has 1 N–H and O–H groups in total. The average Bonchev–Trinajstić information content (AvgIpc) is 3.01. The molecule has 2 atom stereocenters. The normalized spacial score (nSPS) is 18.3. The van der Waals surface area contributed by atoms with Crippen molar-refractivity contribution in [2.75, 3.05) is 11.7 Å². The van der Waals surface area contributed by atoms with Crippen molar-refractivity contribution in [2.24, 2.45) is 0 Å². The minimum Gasteiger partial charge on any atom is -0.482 e. The molecule has 1 saturated heterocycles. The SMILES string of the molecule is C[C@@H]1C(=O)C[C@H](C)N2CN1n1cc(C(=O)NCc3c(F)cc(F)cc3F)c(=O)c(OCc3ccccc3)c1C2=O. The zero-order valence-corrected chi connectivity index (χ0v) is 21.6. The Balaban J connectivity index is 1.58. The van der Waals surface area contributed by atoms with Crippen molar-refractivity contribution in [3.63, 3.8) is 0 Å². The Kier molecular flexibility index (Phi) is 7.09. The smallest absolute Gasteiger partial charge is 0.278 e. The molecule has 2 amide bonds. The van der Waals surface area contributed by atoms with E-state index in [1.54, 1.807) is 49.2 Å². The first-order valence-corrected chi connectivity index (χ1v) is 12.6. The first kappa shape index (κ1) is 27.0. The Morgan fingerprint density at radius 3 is 2.40 bits per heavy atom. The summed E-state index contributed by atoms with van der Waals surface area (Å²) >= 11 is 0. The molecule has 0 unspecified atom stereocenters. The summed E-state index contributed by atoms with van der Waals surface area (Å²) in [7, 11) is 0. The standard InChI is InChI=1S/C28H25F3N4O5/c1-15-8-23(36)16(2)35-14-33(15)28(39)24-26(40-13-17-6-4-3-5-7-17)25(37)20(12-34(24)35)27(38)32-11-19-21(30)9-18(29)10-22(19)31/h3-7,9-10,12,15-16H,8,11,13-14H2,1-2H3,(H,32,38)/t15-,16+/m0/s1. The topological polar surface area (TPSA) is 101 Å². The van der Waals surface area contributed by atoms with E-state index in [2.05, 4.69) is 5.32 Å². The molecule has 2 bridgehead atoms. The molecule has 3 aromatic rings. The van der Waals surface area contributed by atoms with E-state index in [1.807, 2.05) is 0 Å². The summed E-state index contributed by atoms with van der Waals surface area (Å²) in [5.74, 6) is -5.63. The third-order valence-electron chi connectivity index (χ3n) is 7.13. The van der Waals surface area contributed by atoms with Gasteiger partial charge in [-0.25, -0.2) is 13.2 Å². The van der Waals surface area contributed by atoms with E-state index in [0.29, 0.717) is 17.7 Å². The molecule has 208 valence electrons. The predicted molar refractivity (Wildman–Crippen MR) is 137 cm³/mol. The number of ketones is 1. The minimum atomic E-state index is -1.21. The van der Waals surface area contributed by atoms with Gasteiger partial charge in [-0.1, -0.05) is 30.3 Å². The molecule has 0 aliphatic carbocycles. The highest BCUT2D eigenvalue weighted by Crippen LogP contribution is 2.29. The number of ether oxygens (including phenoxy) is 1. The summed E-state index contributed by atoms with van der Waals surface area (Å²) in [4.78, 5) is 54.7. The first-order chi connectivity index (χ1) is 19.1. The van der Waals surface area contributed by atoms with Crippen molar-refractivity contribution in [2.45, 2.75) is 45.5 Å². The van der Waals surface area contributed by atoms with Crippen LogP contribution >= 0.6 is 0 Å². The number of rotatable bonds is 6. The van der Waals surface area contributed by atoms with Crippen LogP contribution in [-0.2, 0) is 17.9 Å². The second-order valence-electron chi connectivity index (χ2n) is 9.75. The summed E-state index contributed by atoms with van der Waals surface area (Å²) in [5.41, 5.74) is -1.45. The molecular weight excluding hydrogens is 529 g/mol. The van der Waals surface area contributed by atoms with Crippen molar-refractivity contribution in [1.29, 1.82) is 0 Å². The van der Waals surface area contributed by atoms with Gasteiger partial charge in [-0.2, -0.15) is 0 Å². The zero-order chi connectivity index (χ0) is 28.7. The summed E-state index contributed by atoms with van der Waals surface area (Å²) in [6.45, 7) is 2.63. The Labute approximate surface area is 226 Å². The number of carbonyl (C=O) groups excluding carboxylic acids is 3. The number of hydrogen-bond donors (Lipinski definition) is 1. The van der Waals surface area contributed by atoms with E-state index in [-0.39, 0.29) is 31.2 Å². The van der Waals surface area contributed by atoms with Gasteiger partial charge in [0.05, 0.1) is 0 Å². The first-order valence-electron chi connectivity index (χ1n) is 12.6. The summed E-state index contributed by atoms with van der Waals surface area (Å²) < 4.78 is 48.7. The fraction of sp³-hybridized carbons (Fsp3) is 0.286. The van der Waals surface area contributed by atoms with Gasteiger partial charge >= 0.3 is 0 Å². The van der Waals surface area contributed by atoms with Crippen molar-refractivity contribution in [3.05, 3.63) is 98.7 Å². The van der Waals surface area contributed by atoms with E-state index < -0.39 is 70.2 Å². The number of nitrogens with one attached hydrogen (secondary N) is 1. The van der Waals surface area contributed by atoms with Crippen LogP contribution in [0.3, 0.4) is 0 Å². The number of nitrogens with zero attached hydrogens (tertiary/aromatic N) is 3. The van der Waals surface area contributed by atoms with Crippen molar-refractivity contribution >= 4 is 17.6 Å². The van der Waals surface area contributed by atoms with Crippen LogP contribution in [0.15, 0.2) is 53.5 Å². The maximum Gasteiger partial charge on any atom is 0.278 e. The maximum absolute atomic E-state index is 14.1. The van der Waals surface area contributed by atoms with Gasteiger partial charge in [-0.05, 0) is 19.4 Å². The largest absolute Gasteiger partial charge is 0.482 e. The average molecular weight is 555 g/mol. The van der Waals surface area contributed by atoms with Crippen LogP contribution < -0.4 is 20.5 Å². The van der Waals surface area contributed by atoms with Crippen LogP contribution in [-0.4, -0.2) is 45.9 Å². The van der Waals surface area contributed by atoms with E-state index in [9.17, 15) is 32.3 Å². The summed E-state index contributed by atoms with van der Waals surface area (Å²) in [5, 5.41) is 3.83. The van der Waals surface area contributed by atoms with Gasteiger partial charge < -0.3 is 15.0 Å². The molecule has 12 heteroatoms. The molecular formula is C28H25F3N4O5. The van der Waals surface area contributed by atoms with E-state index in [0.717, 1.165) is 6.20 Å². The zero-order valence-electron chi connectivity index (χ0n) is 21.6. The third-order valence-corrected chi connectivity index (χ3v) is 7.13. The van der Waals surface area contributed by atoms with Gasteiger partial charge in [0.1, 0.15) is 42.3 Å². The van der Waals surface area contributed by atoms with E-state index in [1.165, 1.54) is 9.58 Å². The lowest BCUT2D eigenvalue weighted by atomic mass is 10.1. The second kappa shape index (κ2) is 10.5. The number of carbonyl (C=O) groups is 3. The predicted octanol–water partition coefficient (Wildman–Crippen LogP) is 2.88. The molecule has 1 fully saturated rings. The molecule has 0 spiro atoms. The summed E-state index contributed by atoms with van der Waals surface area (Å²) in [6, 6.07) is 8.65. The monoisotopic (exact) mass is 554 g/mol. The molecule has 5 rings (SSSR count). The minimum absolute atomic E-state index is 0.0218. The van der Waals surface area contributed by atoms with Crippen molar-refractivity contribution < 1.29 is 32.3 Å². The number of pyridine rings is 1. The van der Waals surface area contributed by atoms with Crippen LogP contribution in [0, 0.1) is 17.5 Å². The van der Waals surface area contributed by atoms with E-state index >= 15 is 0 Å². The Bertz CT molecular complexity index is 1550. The number of amides is 2. The number of aromatic nitrogens is 1. The molecule has 0 radical (unpaired) electrons. The number of Topliss-reactive ketones (excluding diaryl/α,β-unsaturated/α-hetero) is 1. The Morgan fingerprint density at radius 1 is 1.05 bits per heavy atom. The number of fused-ring (bicyclic) bond motifs is 4. The van der Waals surface area contributed by atoms with Gasteiger partial charge in [0.15, 0.2) is 17.2 Å². The van der Waals surface area contributed by atoms with Gasteiger partial charge in [0, 0.05) is 42.9 Å². The van der Waals surface area contributed by atoms with Crippen LogP contribution in [0.25, 0.3) is 0 Å². The molecule has 2 aliphatic rings. The molecule has 2 aromatic carbocycles. The molecule has 2 aliphatic heterocycles. The molecule has 9 nitrogen and oxygen atoms in total. The van der Waals surface area contributed by atoms with Gasteiger partial charge in [0.2, 0.25) is 5.43 Å². The number of halogens is 3. The van der Waals surface area contributed by atoms with Gasteiger partial charge in [-0.15, -0.1) is 0 Å². The molecule has 40 heavy (non-hydrogen) atoms. The lowest BCUT2D eigenvalue weighted by Gasteiger charge is -2.41. The van der Waals surface area contributed by atoms with Crippen molar-refractivity contribution in [3.8, 4) is 5.75 Å². The maximum atomic E-state index is 14.1. The second-order valence-corrected chi connectivity index (χ2v) is 9.75. The Morgan fingerprint density at radius 2 is 1.73 bits per heavy atom. The highest BCUT2D eigenvalue weighted by molar-refractivity contribution is 6.00. The number of benzene rings is 2. The molecule has 1 aromatic heterocycles. The molecule has 0 saturated carbocycles. The van der Waals surface area contributed by atoms with E-state index in [4.69, 9.17) is 4.74 Å². The lowest BCUT2D eigenvalue weighted by Crippen LogP contribution is -2.58. The molecule has 3 heterocycles. The highest BCUT2D eigenvalue weighted by Gasteiger charge is 2.42. The Hall–Kier alpha value is -4.61. The third kappa shape index (κ3) is 4.80. The lowest BCUT2D eigenvalue weighted by molar-refractivity contribution is -0.120. The van der Waals surface area contributed by atoms with Crippen LogP contribution in [0.4, 0.5) is 13.2 Å². The number of hydrogen-bond acceptors (Lipinski definition) is 6. The quantitative estimate of drug-likeness (QED) is 0.503. The van der Waals surface area contributed by atoms with Crippen molar-refractivity contribution in [1.82, 2.24) is 14.9 Å². The van der Waals surface area contributed by atoms with Crippen LogP contribution in [0.1, 0.15) is 52.2 Å².